The van der Waals surface area contributed by atoms with Crippen LogP contribution in [0.3, 0.4) is 0 Å². The molecule has 0 saturated heterocycles. The molecule has 0 spiro atoms. The first kappa shape index (κ1) is 9.64. The maximum absolute atomic E-state index is 11.7. The van der Waals surface area contributed by atoms with Gasteiger partial charge in [0.15, 0.2) is 0 Å². The first-order chi connectivity index (χ1) is 7.09. The second-order valence-corrected chi connectivity index (χ2v) is 3.60. The van der Waals surface area contributed by atoms with Crippen molar-refractivity contribution >= 4 is 16.9 Å². The van der Waals surface area contributed by atoms with E-state index in [4.69, 9.17) is 0 Å². The minimum atomic E-state index is -0.0715. The predicted octanol–water partition coefficient (Wildman–Crippen LogP) is 0.394. The molecule has 0 aromatic carbocycles. The highest BCUT2D eigenvalue weighted by Crippen LogP contribution is 2.09. The van der Waals surface area contributed by atoms with Gasteiger partial charge in [-0.3, -0.25) is 4.79 Å². The summed E-state index contributed by atoms with van der Waals surface area (Å²) in [4.78, 5) is 21.9. The molecule has 2 rings (SSSR count). The second-order valence-electron chi connectivity index (χ2n) is 3.60. The van der Waals surface area contributed by atoms with Crippen LogP contribution in [-0.2, 0) is 7.05 Å². The Bertz CT molecular complexity index is 559. The van der Waals surface area contributed by atoms with Crippen molar-refractivity contribution in [3.8, 4) is 0 Å². The minimum absolute atomic E-state index is 0.0715. The van der Waals surface area contributed by atoms with Gasteiger partial charge < -0.3 is 9.47 Å². The average Bonchev–Trinajstić information content (AvgIpc) is 2.23. The third-order valence-corrected chi connectivity index (χ3v) is 2.21. The molecular weight excluding hydrogens is 192 g/mol. The zero-order chi connectivity index (χ0) is 11.0. The average molecular weight is 204 g/mol. The fourth-order valence-corrected chi connectivity index (χ4v) is 1.33. The molecule has 15 heavy (non-hydrogen) atoms. The lowest BCUT2D eigenvalue weighted by Crippen LogP contribution is -2.18. The Kier molecular flexibility index (Phi) is 2.15. The lowest BCUT2D eigenvalue weighted by atomic mass is 10.3. The van der Waals surface area contributed by atoms with Crippen molar-refractivity contribution in [1.82, 2.24) is 14.5 Å². The summed E-state index contributed by atoms with van der Waals surface area (Å²) < 4.78 is 1.51. The number of rotatable bonds is 1. The highest BCUT2D eigenvalue weighted by Gasteiger charge is 2.04. The van der Waals surface area contributed by atoms with Crippen molar-refractivity contribution < 1.29 is 0 Å². The summed E-state index contributed by atoms with van der Waals surface area (Å²) in [5, 5.41) is 0.547. The van der Waals surface area contributed by atoms with Crippen LogP contribution in [0.25, 0.3) is 10.9 Å². The van der Waals surface area contributed by atoms with Gasteiger partial charge >= 0.3 is 0 Å². The smallest absolute Gasteiger partial charge is 0.261 e. The van der Waals surface area contributed by atoms with Gasteiger partial charge in [0.25, 0.3) is 5.56 Å². The molecule has 78 valence electrons. The van der Waals surface area contributed by atoms with E-state index in [1.54, 1.807) is 24.3 Å². The zero-order valence-electron chi connectivity index (χ0n) is 8.93. The third kappa shape index (κ3) is 1.56. The molecular formula is C10H12N4O. The van der Waals surface area contributed by atoms with Crippen LogP contribution in [-0.4, -0.2) is 28.6 Å². The van der Waals surface area contributed by atoms with E-state index in [0.717, 1.165) is 0 Å². The molecule has 5 nitrogen and oxygen atoms in total. The Balaban J connectivity index is 2.76. The maximum atomic E-state index is 11.7. The number of aromatic nitrogens is 3. The molecule has 0 N–H and O–H groups in total. The number of hydrogen-bond acceptors (Lipinski definition) is 4. The molecule has 2 heterocycles. The van der Waals surface area contributed by atoms with Gasteiger partial charge in [-0.25, -0.2) is 9.97 Å². The number of hydrogen-bond donors (Lipinski definition) is 0. The maximum Gasteiger partial charge on any atom is 0.261 e. The van der Waals surface area contributed by atoms with E-state index in [-0.39, 0.29) is 5.56 Å². The Morgan fingerprint density at radius 2 is 2.13 bits per heavy atom. The fraction of sp³-hybridized carbons (Fsp3) is 0.300. The van der Waals surface area contributed by atoms with Gasteiger partial charge in [0.2, 0.25) is 5.95 Å². The predicted molar refractivity (Wildman–Crippen MR) is 59.1 cm³/mol. The van der Waals surface area contributed by atoms with E-state index in [1.807, 2.05) is 20.2 Å². The van der Waals surface area contributed by atoms with E-state index < -0.39 is 0 Å². The van der Waals surface area contributed by atoms with Crippen LogP contribution in [0.1, 0.15) is 0 Å². The number of fused-ring (bicyclic) bond motifs is 1. The molecule has 0 fully saturated rings. The van der Waals surface area contributed by atoms with Crippen molar-refractivity contribution in [1.29, 1.82) is 0 Å². The van der Waals surface area contributed by atoms with Crippen LogP contribution in [0.15, 0.2) is 23.3 Å². The van der Waals surface area contributed by atoms with Crippen molar-refractivity contribution in [2.24, 2.45) is 7.05 Å². The van der Waals surface area contributed by atoms with E-state index >= 15 is 0 Å². The van der Waals surface area contributed by atoms with Gasteiger partial charge in [-0.15, -0.1) is 0 Å². The zero-order valence-corrected chi connectivity index (χ0v) is 8.93. The Labute approximate surface area is 87.0 Å². The first-order valence-electron chi connectivity index (χ1n) is 4.59. The summed E-state index contributed by atoms with van der Waals surface area (Å²) in [6, 6.07) is 1.81. The molecule has 5 heteroatoms. The number of aryl methyl sites for hydroxylation is 1. The van der Waals surface area contributed by atoms with E-state index in [1.165, 1.54) is 4.57 Å². The SMILES string of the molecule is CN(C)c1ncc2c(=O)n(C)ccc2n1. The molecule has 0 atom stereocenters. The molecule has 0 aliphatic heterocycles. The molecule has 0 radical (unpaired) electrons. The number of pyridine rings is 1. The minimum Gasteiger partial charge on any atom is -0.347 e. The van der Waals surface area contributed by atoms with Gasteiger partial charge in [-0.1, -0.05) is 0 Å². The summed E-state index contributed by atoms with van der Waals surface area (Å²) in [5.74, 6) is 0.607. The summed E-state index contributed by atoms with van der Waals surface area (Å²) in [6.07, 6.45) is 3.27. The van der Waals surface area contributed by atoms with Gasteiger partial charge in [-0.05, 0) is 6.07 Å². The van der Waals surface area contributed by atoms with Gasteiger partial charge in [-0.2, -0.15) is 0 Å². The molecule has 0 saturated carbocycles. The molecule has 0 bridgehead atoms. The second kappa shape index (κ2) is 3.34. The molecule has 0 amide bonds. The van der Waals surface area contributed by atoms with Crippen molar-refractivity contribution in [3.05, 3.63) is 28.8 Å². The highest BCUT2D eigenvalue weighted by molar-refractivity contribution is 5.77. The van der Waals surface area contributed by atoms with Crippen molar-refractivity contribution in [3.63, 3.8) is 0 Å². The lowest BCUT2D eigenvalue weighted by molar-refractivity contribution is 0.869. The highest BCUT2D eigenvalue weighted by atomic mass is 16.1. The van der Waals surface area contributed by atoms with Gasteiger partial charge in [0.05, 0.1) is 10.9 Å². The van der Waals surface area contributed by atoms with Crippen LogP contribution in [0, 0.1) is 0 Å². The van der Waals surface area contributed by atoms with Gasteiger partial charge in [0, 0.05) is 33.5 Å². The van der Waals surface area contributed by atoms with Crippen LogP contribution in [0.4, 0.5) is 5.95 Å². The third-order valence-electron chi connectivity index (χ3n) is 2.21. The standard InChI is InChI=1S/C10H12N4O/c1-13(2)10-11-6-7-8(12-10)4-5-14(3)9(7)15/h4-6H,1-3H3. The lowest BCUT2D eigenvalue weighted by Gasteiger charge is -2.09. The monoisotopic (exact) mass is 204 g/mol. The Morgan fingerprint density at radius 3 is 2.80 bits per heavy atom. The summed E-state index contributed by atoms with van der Waals surface area (Å²) >= 11 is 0. The fourth-order valence-electron chi connectivity index (χ4n) is 1.33. The summed E-state index contributed by atoms with van der Waals surface area (Å²) in [7, 11) is 5.44. The Hall–Kier alpha value is -1.91. The van der Waals surface area contributed by atoms with E-state index in [2.05, 4.69) is 9.97 Å². The van der Waals surface area contributed by atoms with Crippen LogP contribution in [0.2, 0.25) is 0 Å². The number of anilines is 1. The van der Waals surface area contributed by atoms with Crippen molar-refractivity contribution in [2.75, 3.05) is 19.0 Å². The van der Waals surface area contributed by atoms with Crippen LogP contribution >= 0.6 is 0 Å². The normalized spacial score (nSPS) is 10.6. The number of nitrogens with zero attached hydrogens (tertiary/aromatic N) is 4. The van der Waals surface area contributed by atoms with Crippen LogP contribution in [0.5, 0.6) is 0 Å². The molecule has 2 aromatic rings. The van der Waals surface area contributed by atoms with Gasteiger partial charge in [0.1, 0.15) is 0 Å². The quantitative estimate of drug-likeness (QED) is 0.674. The van der Waals surface area contributed by atoms with E-state index in [0.29, 0.717) is 16.9 Å². The van der Waals surface area contributed by atoms with E-state index in [9.17, 15) is 4.79 Å². The molecule has 0 aliphatic rings. The first-order valence-corrected chi connectivity index (χ1v) is 4.59. The largest absolute Gasteiger partial charge is 0.347 e. The molecule has 0 unspecified atom stereocenters. The van der Waals surface area contributed by atoms with Crippen LogP contribution < -0.4 is 10.5 Å². The summed E-state index contributed by atoms with van der Waals surface area (Å²) in [6.45, 7) is 0. The topological polar surface area (TPSA) is 51.0 Å². The Morgan fingerprint density at radius 1 is 1.40 bits per heavy atom. The molecule has 0 aliphatic carbocycles. The molecule has 2 aromatic heterocycles. The summed E-state index contributed by atoms with van der Waals surface area (Å²) in [5.41, 5.74) is 0.606. The van der Waals surface area contributed by atoms with Crippen molar-refractivity contribution in [2.45, 2.75) is 0 Å².